The van der Waals surface area contributed by atoms with Crippen molar-refractivity contribution >= 4 is 15.9 Å². The molecule has 0 radical (unpaired) electrons. The van der Waals surface area contributed by atoms with E-state index in [2.05, 4.69) is 10.1 Å². The van der Waals surface area contributed by atoms with Crippen molar-refractivity contribution in [3.05, 3.63) is 41.5 Å². The lowest BCUT2D eigenvalue weighted by Gasteiger charge is -2.37. The Kier molecular flexibility index (Phi) is 4.70. The second-order valence-electron chi connectivity index (χ2n) is 6.63. The van der Waals surface area contributed by atoms with Gasteiger partial charge in [-0.15, -0.1) is 0 Å². The van der Waals surface area contributed by atoms with E-state index in [9.17, 15) is 13.2 Å². The number of aromatic nitrogens is 2. The van der Waals surface area contributed by atoms with Crippen molar-refractivity contribution in [2.75, 3.05) is 39.4 Å². The minimum absolute atomic E-state index is 0.0520. The summed E-state index contributed by atoms with van der Waals surface area (Å²) in [4.78, 5) is 18.6. The smallest absolute Gasteiger partial charge is 0.253 e. The highest BCUT2D eigenvalue weighted by Crippen LogP contribution is 2.27. The minimum Gasteiger partial charge on any atom is -0.379 e. The van der Waals surface area contributed by atoms with Crippen molar-refractivity contribution in [1.29, 1.82) is 0 Å². The van der Waals surface area contributed by atoms with E-state index in [-0.39, 0.29) is 16.7 Å². The molecule has 0 N–H and O–H groups in total. The van der Waals surface area contributed by atoms with Crippen molar-refractivity contribution in [3.63, 3.8) is 0 Å². The first-order valence-corrected chi connectivity index (χ1v) is 10.2. The van der Waals surface area contributed by atoms with Crippen LogP contribution in [0.15, 0.2) is 33.7 Å². The lowest BCUT2D eigenvalue weighted by Crippen LogP contribution is -2.48. The molecule has 27 heavy (non-hydrogen) atoms. The first kappa shape index (κ1) is 18.1. The number of nitrogens with zero attached hydrogens (tertiary/aromatic N) is 4. The van der Waals surface area contributed by atoms with Crippen molar-refractivity contribution in [1.82, 2.24) is 19.3 Å². The third kappa shape index (κ3) is 3.47. The summed E-state index contributed by atoms with van der Waals surface area (Å²) in [6.45, 7) is 4.24. The first-order valence-electron chi connectivity index (χ1n) is 8.72. The van der Waals surface area contributed by atoms with E-state index in [1.165, 1.54) is 16.4 Å². The maximum Gasteiger partial charge on any atom is 0.253 e. The van der Waals surface area contributed by atoms with Crippen molar-refractivity contribution < 1.29 is 22.5 Å². The standard InChI is InChI=1S/C17H20N4O5S/c1-12-18-16(26-19-12)14-10-20(11-14)17(22)13-2-4-15(5-3-13)27(23,24)21-6-8-25-9-7-21/h2-5,14H,6-11H2,1H3. The van der Waals surface area contributed by atoms with Crippen LogP contribution in [-0.2, 0) is 14.8 Å². The Labute approximate surface area is 157 Å². The highest BCUT2D eigenvalue weighted by Gasteiger charge is 2.36. The molecule has 9 nitrogen and oxygen atoms in total. The molecular weight excluding hydrogens is 372 g/mol. The van der Waals surface area contributed by atoms with Crippen LogP contribution < -0.4 is 0 Å². The molecule has 2 saturated heterocycles. The van der Waals surface area contributed by atoms with Crippen molar-refractivity contribution in [2.24, 2.45) is 0 Å². The van der Waals surface area contributed by atoms with Crippen LogP contribution in [0.2, 0.25) is 0 Å². The van der Waals surface area contributed by atoms with Gasteiger partial charge < -0.3 is 14.2 Å². The number of carbonyl (C=O) groups is 1. The number of benzene rings is 1. The quantitative estimate of drug-likeness (QED) is 0.752. The molecule has 0 spiro atoms. The Morgan fingerprint density at radius 1 is 1.15 bits per heavy atom. The largest absolute Gasteiger partial charge is 0.379 e. The molecule has 144 valence electrons. The van der Waals surface area contributed by atoms with E-state index >= 15 is 0 Å². The summed E-state index contributed by atoms with van der Waals surface area (Å²) in [5, 5.41) is 3.76. The molecule has 0 aliphatic carbocycles. The molecule has 0 bridgehead atoms. The Bertz CT molecular complexity index is 928. The van der Waals surface area contributed by atoms with Gasteiger partial charge in [-0.1, -0.05) is 5.16 Å². The average Bonchev–Trinajstić information content (AvgIpc) is 3.07. The molecule has 4 rings (SSSR count). The highest BCUT2D eigenvalue weighted by molar-refractivity contribution is 7.89. The van der Waals surface area contributed by atoms with Gasteiger partial charge >= 0.3 is 0 Å². The number of aryl methyl sites for hydroxylation is 1. The second kappa shape index (κ2) is 7.02. The zero-order valence-electron chi connectivity index (χ0n) is 14.9. The number of hydrogen-bond donors (Lipinski definition) is 0. The highest BCUT2D eigenvalue weighted by atomic mass is 32.2. The summed E-state index contributed by atoms with van der Waals surface area (Å²) < 4.78 is 37.0. The number of morpholine rings is 1. The molecule has 0 saturated carbocycles. The second-order valence-corrected chi connectivity index (χ2v) is 8.57. The molecule has 2 aromatic rings. The molecule has 0 atom stereocenters. The molecule has 1 aromatic heterocycles. The lowest BCUT2D eigenvalue weighted by atomic mass is 9.99. The zero-order valence-corrected chi connectivity index (χ0v) is 15.7. The van der Waals surface area contributed by atoms with Crippen LogP contribution >= 0.6 is 0 Å². The molecule has 1 amide bonds. The molecule has 2 aliphatic rings. The third-order valence-electron chi connectivity index (χ3n) is 4.77. The lowest BCUT2D eigenvalue weighted by molar-refractivity contribution is 0.0569. The number of hydrogen-bond acceptors (Lipinski definition) is 7. The van der Waals surface area contributed by atoms with E-state index in [1.54, 1.807) is 24.0 Å². The van der Waals surface area contributed by atoms with Gasteiger partial charge in [0.1, 0.15) is 0 Å². The van der Waals surface area contributed by atoms with Crippen molar-refractivity contribution in [3.8, 4) is 0 Å². The molecule has 3 heterocycles. The maximum atomic E-state index is 12.6. The van der Waals surface area contributed by atoms with Gasteiger partial charge in [0.2, 0.25) is 15.9 Å². The van der Waals surface area contributed by atoms with Gasteiger partial charge in [0.05, 0.1) is 24.0 Å². The van der Waals surface area contributed by atoms with Gasteiger partial charge in [-0.2, -0.15) is 9.29 Å². The van der Waals surface area contributed by atoms with Gasteiger partial charge in [0.15, 0.2) is 5.82 Å². The monoisotopic (exact) mass is 392 g/mol. The fraction of sp³-hybridized carbons (Fsp3) is 0.471. The van der Waals surface area contributed by atoms with Crippen LogP contribution in [0.25, 0.3) is 0 Å². The Balaban J connectivity index is 1.41. The molecule has 0 unspecified atom stereocenters. The third-order valence-corrected chi connectivity index (χ3v) is 6.68. The van der Waals surface area contributed by atoms with Crippen molar-refractivity contribution in [2.45, 2.75) is 17.7 Å². The molecular formula is C17H20N4O5S. The summed E-state index contributed by atoms with van der Waals surface area (Å²) in [5.41, 5.74) is 0.455. The van der Waals surface area contributed by atoms with Crippen LogP contribution in [0.1, 0.15) is 28.0 Å². The van der Waals surface area contributed by atoms with Gasteiger partial charge in [-0.25, -0.2) is 8.42 Å². The predicted octanol–water partition coefficient (Wildman–Crippen LogP) is 0.639. The van der Waals surface area contributed by atoms with Crippen LogP contribution in [0, 0.1) is 6.92 Å². The summed E-state index contributed by atoms with van der Waals surface area (Å²) in [7, 11) is -3.56. The van der Waals surface area contributed by atoms with Crippen LogP contribution in [-0.4, -0.2) is 73.1 Å². The molecule has 2 fully saturated rings. The van der Waals surface area contributed by atoms with E-state index in [0.29, 0.717) is 56.7 Å². The topological polar surface area (TPSA) is 106 Å². The summed E-state index contributed by atoms with van der Waals surface area (Å²) in [6, 6.07) is 6.08. The number of likely N-dealkylation sites (tertiary alicyclic amines) is 1. The number of carbonyl (C=O) groups excluding carboxylic acids is 1. The summed E-state index contributed by atoms with van der Waals surface area (Å²) in [5.74, 6) is 1.03. The van der Waals surface area contributed by atoms with Crippen LogP contribution in [0.5, 0.6) is 0 Å². The Hall–Kier alpha value is -2.30. The molecule has 1 aromatic carbocycles. The first-order chi connectivity index (χ1) is 12.9. The zero-order chi connectivity index (χ0) is 19.0. The van der Waals surface area contributed by atoms with E-state index in [0.717, 1.165) is 0 Å². The van der Waals surface area contributed by atoms with E-state index in [1.807, 2.05) is 0 Å². The fourth-order valence-electron chi connectivity index (χ4n) is 3.17. The maximum absolute atomic E-state index is 12.6. The number of rotatable bonds is 4. The van der Waals surface area contributed by atoms with E-state index in [4.69, 9.17) is 9.26 Å². The number of ether oxygens (including phenoxy) is 1. The SMILES string of the molecule is Cc1noc(C2CN(C(=O)c3ccc(S(=O)(=O)N4CCOCC4)cc3)C2)n1. The van der Waals surface area contributed by atoms with E-state index < -0.39 is 10.0 Å². The molecule has 10 heteroatoms. The van der Waals surface area contributed by atoms with Crippen LogP contribution in [0.4, 0.5) is 0 Å². The fourth-order valence-corrected chi connectivity index (χ4v) is 4.58. The Morgan fingerprint density at radius 2 is 1.81 bits per heavy atom. The summed E-state index contributed by atoms with van der Waals surface area (Å²) in [6.07, 6.45) is 0. The minimum atomic E-state index is -3.56. The summed E-state index contributed by atoms with van der Waals surface area (Å²) >= 11 is 0. The molecule has 2 aliphatic heterocycles. The average molecular weight is 392 g/mol. The number of amides is 1. The van der Waals surface area contributed by atoms with Crippen LogP contribution in [0.3, 0.4) is 0 Å². The number of sulfonamides is 1. The Morgan fingerprint density at radius 3 is 2.41 bits per heavy atom. The van der Waals surface area contributed by atoms with Gasteiger partial charge in [-0.3, -0.25) is 4.79 Å². The van der Waals surface area contributed by atoms with Gasteiger partial charge in [0.25, 0.3) is 5.91 Å². The predicted molar refractivity (Wildman–Crippen MR) is 93.7 cm³/mol. The van der Waals surface area contributed by atoms with Gasteiger partial charge in [-0.05, 0) is 31.2 Å². The van der Waals surface area contributed by atoms with Gasteiger partial charge in [0, 0.05) is 31.7 Å². The normalized spacial score (nSPS) is 19.1.